The molecule has 0 aliphatic heterocycles. The van der Waals surface area contributed by atoms with Crippen LogP contribution in [0.25, 0.3) is 0 Å². The summed E-state index contributed by atoms with van der Waals surface area (Å²) in [6, 6.07) is 5.79. The van der Waals surface area contributed by atoms with Crippen molar-refractivity contribution in [3.8, 4) is 0 Å². The van der Waals surface area contributed by atoms with E-state index in [9.17, 15) is 4.79 Å². The molecule has 2 heterocycles. The van der Waals surface area contributed by atoms with Gasteiger partial charge < -0.3 is 5.32 Å². The summed E-state index contributed by atoms with van der Waals surface area (Å²) >= 11 is 0. The van der Waals surface area contributed by atoms with E-state index in [-0.39, 0.29) is 5.91 Å². The molecule has 2 aromatic heterocycles. The van der Waals surface area contributed by atoms with E-state index in [0.717, 1.165) is 24.1 Å². The minimum absolute atomic E-state index is 0.0749. The van der Waals surface area contributed by atoms with Crippen LogP contribution in [0.4, 0.5) is 0 Å². The van der Waals surface area contributed by atoms with Crippen LogP contribution in [0.2, 0.25) is 0 Å². The second kappa shape index (κ2) is 7.02. The van der Waals surface area contributed by atoms with Crippen molar-refractivity contribution in [2.24, 2.45) is 13.0 Å². The molecule has 0 atom stereocenters. The highest BCUT2D eigenvalue weighted by Gasteiger charge is 2.13. The summed E-state index contributed by atoms with van der Waals surface area (Å²) in [7, 11) is 1.81. The van der Waals surface area contributed by atoms with E-state index in [4.69, 9.17) is 0 Å². The average Bonchev–Trinajstić information content (AvgIpc) is 2.80. The molecule has 2 rings (SSSR count). The lowest BCUT2D eigenvalue weighted by Gasteiger charge is -2.05. The van der Waals surface area contributed by atoms with Crippen molar-refractivity contribution < 1.29 is 4.79 Å². The number of nitrogens with zero attached hydrogens (tertiary/aromatic N) is 3. The number of amides is 1. The van der Waals surface area contributed by atoms with E-state index in [1.807, 2.05) is 25.2 Å². The van der Waals surface area contributed by atoms with Gasteiger partial charge in [0.2, 0.25) is 0 Å². The molecular formula is C16H22N4O. The highest BCUT2D eigenvalue weighted by Crippen LogP contribution is 2.09. The molecule has 0 saturated heterocycles. The van der Waals surface area contributed by atoms with Gasteiger partial charge in [-0.2, -0.15) is 5.10 Å². The number of hydrogen-bond acceptors (Lipinski definition) is 3. The number of aryl methyl sites for hydroxylation is 1. The highest BCUT2D eigenvalue weighted by atomic mass is 16.2. The normalized spacial score (nSPS) is 10.9. The van der Waals surface area contributed by atoms with E-state index in [1.165, 1.54) is 0 Å². The fraction of sp³-hybridized carbons (Fsp3) is 0.438. The van der Waals surface area contributed by atoms with E-state index in [2.05, 4.69) is 29.2 Å². The van der Waals surface area contributed by atoms with Gasteiger partial charge >= 0.3 is 0 Å². The zero-order chi connectivity index (χ0) is 15.2. The Balaban J connectivity index is 1.90. The third-order valence-corrected chi connectivity index (χ3v) is 3.23. The summed E-state index contributed by atoms with van der Waals surface area (Å²) in [6.07, 6.45) is 5.20. The first-order valence-electron chi connectivity index (χ1n) is 7.26. The van der Waals surface area contributed by atoms with Gasteiger partial charge in [0.1, 0.15) is 5.69 Å². The van der Waals surface area contributed by atoms with Crippen molar-refractivity contribution in [2.75, 3.05) is 6.54 Å². The Kier molecular flexibility index (Phi) is 5.09. The molecule has 0 saturated carbocycles. The summed E-state index contributed by atoms with van der Waals surface area (Å²) in [5.74, 6) is 0.455. The number of hydrogen-bond donors (Lipinski definition) is 1. The predicted octanol–water partition coefficient (Wildman–Crippen LogP) is 1.99. The lowest BCUT2D eigenvalue weighted by atomic mass is 10.1. The maximum atomic E-state index is 12.2. The lowest BCUT2D eigenvalue weighted by molar-refractivity contribution is 0.0944. The number of nitrogens with one attached hydrogen (secondary N) is 1. The Morgan fingerprint density at radius 2 is 2.05 bits per heavy atom. The molecule has 0 unspecified atom stereocenters. The zero-order valence-corrected chi connectivity index (χ0v) is 12.8. The summed E-state index contributed by atoms with van der Waals surface area (Å²) in [6.45, 7) is 4.89. The van der Waals surface area contributed by atoms with Crippen molar-refractivity contribution in [2.45, 2.75) is 26.7 Å². The van der Waals surface area contributed by atoms with Crippen molar-refractivity contribution in [3.63, 3.8) is 0 Å². The van der Waals surface area contributed by atoms with Gasteiger partial charge in [0, 0.05) is 26.0 Å². The second-order valence-corrected chi connectivity index (χ2v) is 5.60. The van der Waals surface area contributed by atoms with Gasteiger partial charge in [-0.3, -0.25) is 14.5 Å². The summed E-state index contributed by atoms with van der Waals surface area (Å²) < 4.78 is 1.65. The molecule has 0 aliphatic carbocycles. The van der Waals surface area contributed by atoms with Crippen molar-refractivity contribution in [1.82, 2.24) is 20.1 Å². The number of carbonyl (C=O) groups is 1. The van der Waals surface area contributed by atoms with Gasteiger partial charge in [-0.1, -0.05) is 13.8 Å². The first kappa shape index (κ1) is 15.2. The molecule has 1 N–H and O–H groups in total. The van der Waals surface area contributed by atoms with Gasteiger partial charge in [-0.05, 0) is 42.5 Å². The molecule has 0 spiro atoms. The third kappa shape index (κ3) is 4.41. The summed E-state index contributed by atoms with van der Waals surface area (Å²) in [4.78, 5) is 16.1. The van der Waals surface area contributed by atoms with Gasteiger partial charge in [-0.15, -0.1) is 0 Å². The molecular weight excluding hydrogens is 264 g/mol. The Hall–Kier alpha value is -2.17. The number of aromatic nitrogens is 3. The molecule has 5 heteroatoms. The Morgan fingerprint density at radius 1 is 1.33 bits per heavy atom. The molecule has 2 aromatic rings. The number of carbonyl (C=O) groups excluding carboxylic acids is 1. The van der Waals surface area contributed by atoms with Crippen LogP contribution in [-0.4, -0.2) is 27.2 Å². The van der Waals surface area contributed by atoms with Crippen LogP contribution in [-0.2, 0) is 19.9 Å². The average molecular weight is 286 g/mol. The molecule has 21 heavy (non-hydrogen) atoms. The number of rotatable bonds is 6. The second-order valence-electron chi connectivity index (χ2n) is 5.60. The lowest BCUT2D eigenvalue weighted by Crippen LogP contribution is -2.27. The summed E-state index contributed by atoms with van der Waals surface area (Å²) in [5, 5.41) is 7.32. The van der Waals surface area contributed by atoms with Gasteiger partial charge in [0.15, 0.2) is 0 Å². The monoisotopic (exact) mass is 286 g/mol. The van der Waals surface area contributed by atoms with E-state index >= 15 is 0 Å². The Bertz CT molecular complexity index is 590. The number of pyridine rings is 1. The van der Waals surface area contributed by atoms with Crippen LogP contribution >= 0.6 is 0 Å². The SMILES string of the molecule is CC(C)Cc1cc(C(=O)NCCc2ccncc2)n(C)n1. The van der Waals surface area contributed by atoms with E-state index < -0.39 is 0 Å². The van der Waals surface area contributed by atoms with Crippen LogP contribution in [0.1, 0.15) is 35.6 Å². The molecule has 112 valence electrons. The topological polar surface area (TPSA) is 59.8 Å². The quantitative estimate of drug-likeness (QED) is 0.883. The van der Waals surface area contributed by atoms with Crippen LogP contribution < -0.4 is 5.32 Å². The van der Waals surface area contributed by atoms with Crippen LogP contribution in [0.15, 0.2) is 30.6 Å². The first-order chi connectivity index (χ1) is 10.1. The largest absolute Gasteiger partial charge is 0.350 e. The molecule has 0 aliphatic rings. The predicted molar refractivity (Wildman–Crippen MR) is 82.0 cm³/mol. The minimum atomic E-state index is -0.0749. The molecule has 0 fully saturated rings. The zero-order valence-electron chi connectivity index (χ0n) is 12.8. The van der Waals surface area contributed by atoms with Gasteiger partial charge in [-0.25, -0.2) is 0 Å². The maximum Gasteiger partial charge on any atom is 0.269 e. The molecule has 1 amide bonds. The van der Waals surface area contributed by atoms with Gasteiger partial charge in [0.05, 0.1) is 5.69 Å². The van der Waals surface area contributed by atoms with Crippen LogP contribution in [0, 0.1) is 5.92 Å². The maximum absolute atomic E-state index is 12.2. The molecule has 5 nitrogen and oxygen atoms in total. The van der Waals surface area contributed by atoms with E-state index in [0.29, 0.717) is 18.2 Å². The highest BCUT2D eigenvalue weighted by molar-refractivity contribution is 5.92. The first-order valence-corrected chi connectivity index (χ1v) is 7.26. The van der Waals surface area contributed by atoms with Gasteiger partial charge in [0.25, 0.3) is 5.91 Å². The van der Waals surface area contributed by atoms with Crippen molar-refractivity contribution >= 4 is 5.91 Å². The van der Waals surface area contributed by atoms with Crippen LogP contribution in [0.3, 0.4) is 0 Å². The standard InChI is InChI=1S/C16H22N4O/c1-12(2)10-14-11-15(20(3)19-14)16(21)18-9-6-13-4-7-17-8-5-13/h4-5,7-8,11-12H,6,9-10H2,1-3H3,(H,18,21). The minimum Gasteiger partial charge on any atom is -0.350 e. The Morgan fingerprint density at radius 3 is 2.71 bits per heavy atom. The Labute approximate surface area is 125 Å². The summed E-state index contributed by atoms with van der Waals surface area (Å²) in [5.41, 5.74) is 2.74. The molecule has 0 aromatic carbocycles. The molecule has 0 bridgehead atoms. The van der Waals surface area contributed by atoms with Crippen molar-refractivity contribution in [1.29, 1.82) is 0 Å². The van der Waals surface area contributed by atoms with Crippen LogP contribution in [0.5, 0.6) is 0 Å². The molecule has 0 radical (unpaired) electrons. The smallest absolute Gasteiger partial charge is 0.269 e. The third-order valence-electron chi connectivity index (χ3n) is 3.23. The fourth-order valence-corrected chi connectivity index (χ4v) is 2.22. The van der Waals surface area contributed by atoms with E-state index in [1.54, 1.807) is 17.1 Å². The fourth-order valence-electron chi connectivity index (χ4n) is 2.22. The van der Waals surface area contributed by atoms with Crippen molar-refractivity contribution in [3.05, 3.63) is 47.5 Å².